The minimum Gasteiger partial charge on any atom is -0.462 e. The summed E-state index contributed by atoms with van der Waals surface area (Å²) in [6.45, 7) is 3.78. The molecule has 1 aliphatic rings. The maximum atomic E-state index is 12.3. The zero-order valence-corrected chi connectivity index (χ0v) is 32.7. The summed E-state index contributed by atoms with van der Waals surface area (Å²) in [4.78, 5) is 24.5. The van der Waals surface area contributed by atoms with Crippen molar-refractivity contribution in [1.82, 2.24) is 0 Å². The molecule has 1 aliphatic carbocycles. The lowest BCUT2D eigenvalue weighted by molar-refractivity contribution is -0.160. The molecule has 0 aromatic rings. The highest BCUT2D eigenvalue weighted by atomic mass is 16.6. The Hall–Kier alpha value is -1.74. The number of hydrogen-bond acceptors (Lipinski definition) is 8. The number of esters is 2. The van der Waals surface area contributed by atoms with Gasteiger partial charge in [0.1, 0.15) is 6.61 Å². The molecular formula is C43H78O8. The molecule has 298 valence electrons. The maximum Gasteiger partial charge on any atom is 0.310 e. The van der Waals surface area contributed by atoms with Crippen LogP contribution in [0.15, 0.2) is 24.3 Å². The molecule has 6 atom stereocenters. The zero-order chi connectivity index (χ0) is 37.4. The molecule has 0 bridgehead atoms. The lowest BCUT2D eigenvalue weighted by atomic mass is 9.89. The fourth-order valence-corrected chi connectivity index (χ4v) is 7.06. The third-order valence-corrected chi connectivity index (χ3v) is 10.4. The summed E-state index contributed by atoms with van der Waals surface area (Å²) >= 11 is 0. The van der Waals surface area contributed by atoms with Crippen molar-refractivity contribution in [2.24, 2.45) is 11.8 Å². The van der Waals surface area contributed by atoms with Crippen LogP contribution < -0.4 is 0 Å². The number of carbonyl (C=O) groups excluding carboxylic acids is 2. The molecule has 0 spiro atoms. The van der Waals surface area contributed by atoms with Gasteiger partial charge in [-0.15, -0.1) is 0 Å². The second-order valence-electron chi connectivity index (χ2n) is 15.1. The summed E-state index contributed by atoms with van der Waals surface area (Å²) in [6.07, 6.45) is 33.7. The van der Waals surface area contributed by atoms with Gasteiger partial charge in [-0.25, -0.2) is 0 Å². The van der Waals surface area contributed by atoms with Gasteiger partial charge >= 0.3 is 11.9 Å². The molecule has 8 heteroatoms. The Kier molecular flexibility index (Phi) is 30.5. The van der Waals surface area contributed by atoms with Gasteiger partial charge in [-0.1, -0.05) is 173 Å². The first-order valence-electron chi connectivity index (χ1n) is 21.2. The number of carbonyl (C=O) groups is 2. The van der Waals surface area contributed by atoms with Gasteiger partial charge in [-0.3, -0.25) is 9.59 Å². The van der Waals surface area contributed by atoms with E-state index in [0.29, 0.717) is 19.3 Å². The molecular weight excluding hydrogens is 644 g/mol. The SMILES string of the molecule is CCCCCCCCCCCCCCCCCCCCCC(=O)OC[C@H](CO)OC(=O)C/C=C\C[C@H]1[C@@H](/C=C/[C@H](O)CCCCC)[C@H](O)C[C@@H]1O. The van der Waals surface area contributed by atoms with Crippen molar-refractivity contribution in [2.45, 2.75) is 212 Å². The minimum atomic E-state index is -0.912. The molecule has 1 fully saturated rings. The van der Waals surface area contributed by atoms with E-state index >= 15 is 0 Å². The topological polar surface area (TPSA) is 134 Å². The first kappa shape index (κ1) is 47.3. The number of rotatable bonds is 34. The minimum absolute atomic E-state index is 0.0220. The predicted molar refractivity (Wildman–Crippen MR) is 207 cm³/mol. The van der Waals surface area contributed by atoms with E-state index in [4.69, 9.17) is 9.47 Å². The molecule has 4 N–H and O–H groups in total. The molecule has 1 saturated carbocycles. The largest absolute Gasteiger partial charge is 0.462 e. The zero-order valence-electron chi connectivity index (χ0n) is 32.7. The van der Waals surface area contributed by atoms with Crippen molar-refractivity contribution in [3.63, 3.8) is 0 Å². The quantitative estimate of drug-likeness (QED) is 0.0293. The van der Waals surface area contributed by atoms with E-state index in [1.54, 1.807) is 18.2 Å². The summed E-state index contributed by atoms with van der Waals surface area (Å²) in [5.41, 5.74) is 0. The van der Waals surface area contributed by atoms with Crippen LogP contribution in [0, 0.1) is 11.8 Å². The van der Waals surface area contributed by atoms with Crippen molar-refractivity contribution < 1.29 is 39.5 Å². The van der Waals surface area contributed by atoms with Gasteiger partial charge in [0.05, 0.1) is 31.3 Å². The summed E-state index contributed by atoms with van der Waals surface area (Å²) in [6, 6.07) is 0. The fourth-order valence-electron chi connectivity index (χ4n) is 7.06. The Labute approximate surface area is 311 Å². The van der Waals surface area contributed by atoms with Crippen molar-refractivity contribution in [1.29, 1.82) is 0 Å². The van der Waals surface area contributed by atoms with E-state index < -0.39 is 37.0 Å². The van der Waals surface area contributed by atoms with Gasteiger partial charge in [0.25, 0.3) is 0 Å². The maximum absolute atomic E-state index is 12.3. The van der Waals surface area contributed by atoms with Crippen LogP contribution in [0.4, 0.5) is 0 Å². The molecule has 51 heavy (non-hydrogen) atoms. The Morgan fingerprint density at radius 2 is 1.20 bits per heavy atom. The lowest BCUT2D eigenvalue weighted by Gasteiger charge is -2.19. The number of hydrogen-bond donors (Lipinski definition) is 4. The summed E-state index contributed by atoms with van der Waals surface area (Å²) < 4.78 is 10.5. The van der Waals surface area contributed by atoms with E-state index in [9.17, 15) is 30.0 Å². The Balaban J connectivity index is 2.08. The normalized spacial score (nSPS) is 20.4. The van der Waals surface area contributed by atoms with Crippen LogP contribution >= 0.6 is 0 Å². The number of aliphatic hydroxyl groups is 4. The Bertz CT molecular complexity index is 889. The summed E-state index contributed by atoms with van der Waals surface area (Å²) in [5.74, 6) is -1.38. The van der Waals surface area contributed by atoms with E-state index in [2.05, 4.69) is 13.8 Å². The lowest BCUT2D eigenvalue weighted by Crippen LogP contribution is -2.28. The van der Waals surface area contributed by atoms with Crippen LogP contribution in [0.5, 0.6) is 0 Å². The summed E-state index contributed by atoms with van der Waals surface area (Å²) in [7, 11) is 0. The molecule has 0 saturated heterocycles. The first-order chi connectivity index (χ1) is 24.8. The Morgan fingerprint density at radius 3 is 1.73 bits per heavy atom. The average Bonchev–Trinajstić information content (AvgIpc) is 3.39. The summed E-state index contributed by atoms with van der Waals surface area (Å²) in [5, 5.41) is 40.7. The first-order valence-corrected chi connectivity index (χ1v) is 21.2. The van der Waals surface area contributed by atoms with E-state index in [1.807, 2.05) is 6.08 Å². The second-order valence-corrected chi connectivity index (χ2v) is 15.1. The van der Waals surface area contributed by atoms with Crippen molar-refractivity contribution in [2.75, 3.05) is 13.2 Å². The van der Waals surface area contributed by atoms with Gasteiger partial charge in [0, 0.05) is 18.8 Å². The van der Waals surface area contributed by atoms with Crippen LogP contribution in [0.25, 0.3) is 0 Å². The van der Waals surface area contributed by atoms with Crippen LogP contribution in [0.1, 0.15) is 187 Å². The van der Waals surface area contributed by atoms with Gasteiger partial charge in [0.2, 0.25) is 0 Å². The standard InChI is InChI=1S/C43H78O8/c1-3-5-7-8-9-10-11-12-13-14-15-16-17-18-19-20-21-22-24-29-42(48)50-35-37(34-44)51-43(49)30-26-25-28-38-39(41(47)33-40(38)46)32-31-36(45)27-23-6-4-2/h25-26,31-32,36-41,44-47H,3-24,27-30,33-35H2,1-2H3/b26-25-,32-31+/t36-,37+,38+,39-,40+,41-/m1/s1. The highest BCUT2D eigenvalue weighted by Gasteiger charge is 2.39. The van der Waals surface area contributed by atoms with Crippen LogP contribution in [0.2, 0.25) is 0 Å². The van der Waals surface area contributed by atoms with Gasteiger partial charge in [-0.05, 0) is 25.2 Å². The third kappa shape index (κ3) is 25.8. The third-order valence-electron chi connectivity index (χ3n) is 10.4. The number of aliphatic hydroxyl groups excluding tert-OH is 4. The van der Waals surface area contributed by atoms with Gasteiger partial charge in [0.15, 0.2) is 6.10 Å². The van der Waals surface area contributed by atoms with Crippen molar-refractivity contribution in [3.05, 3.63) is 24.3 Å². The van der Waals surface area contributed by atoms with Crippen LogP contribution in [0.3, 0.4) is 0 Å². The molecule has 8 nitrogen and oxygen atoms in total. The molecule has 1 rings (SSSR count). The molecule has 0 aromatic carbocycles. The molecule has 0 aliphatic heterocycles. The average molecular weight is 723 g/mol. The molecule has 0 aromatic heterocycles. The van der Waals surface area contributed by atoms with Crippen molar-refractivity contribution in [3.8, 4) is 0 Å². The highest BCUT2D eigenvalue weighted by Crippen LogP contribution is 2.36. The van der Waals surface area contributed by atoms with E-state index in [-0.39, 0.29) is 37.3 Å². The molecule has 0 heterocycles. The van der Waals surface area contributed by atoms with E-state index in [0.717, 1.165) is 38.5 Å². The molecule has 0 radical (unpaired) electrons. The van der Waals surface area contributed by atoms with E-state index in [1.165, 1.54) is 103 Å². The fraction of sp³-hybridized carbons (Fsp3) is 0.860. The highest BCUT2D eigenvalue weighted by molar-refractivity contribution is 5.71. The van der Waals surface area contributed by atoms with Crippen molar-refractivity contribution >= 4 is 11.9 Å². The monoisotopic (exact) mass is 723 g/mol. The van der Waals surface area contributed by atoms with Gasteiger partial charge in [-0.2, -0.15) is 0 Å². The predicted octanol–water partition coefficient (Wildman–Crippen LogP) is 9.45. The second kappa shape index (κ2) is 32.9. The number of ether oxygens (including phenoxy) is 2. The molecule has 0 unspecified atom stereocenters. The smallest absolute Gasteiger partial charge is 0.310 e. The number of allylic oxidation sites excluding steroid dienone is 1. The van der Waals surface area contributed by atoms with Crippen LogP contribution in [-0.4, -0.2) is 70.0 Å². The van der Waals surface area contributed by atoms with Gasteiger partial charge < -0.3 is 29.9 Å². The molecule has 0 amide bonds. The van der Waals surface area contributed by atoms with Crippen LogP contribution in [-0.2, 0) is 19.1 Å². The number of unbranched alkanes of at least 4 members (excludes halogenated alkanes) is 20. The Morgan fingerprint density at radius 1 is 0.686 bits per heavy atom.